The van der Waals surface area contributed by atoms with Gasteiger partial charge in [-0.05, 0) is 42.5 Å². The van der Waals surface area contributed by atoms with Crippen LogP contribution in [0.4, 0.5) is 5.69 Å². The molecule has 2 fully saturated rings. The van der Waals surface area contributed by atoms with Crippen molar-refractivity contribution in [1.29, 1.82) is 0 Å². The van der Waals surface area contributed by atoms with Crippen molar-refractivity contribution in [2.45, 2.75) is 18.2 Å². The van der Waals surface area contributed by atoms with Gasteiger partial charge in [0, 0.05) is 5.69 Å². The summed E-state index contributed by atoms with van der Waals surface area (Å²) in [6, 6.07) is 5.84. The molecule has 7 nitrogen and oxygen atoms in total. The number of allylic oxidation sites excluding steroid dienone is 2. The minimum absolute atomic E-state index is 0.00291. The van der Waals surface area contributed by atoms with E-state index in [1.807, 2.05) is 12.2 Å². The number of hydrogen-bond donors (Lipinski definition) is 1. The molecule has 1 saturated heterocycles. The van der Waals surface area contributed by atoms with E-state index in [4.69, 9.17) is 0 Å². The molecule has 0 spiro atoms. The minimum atomic E-state index is -3.31. The molecular formula is C19H20N2O5S. The number of nitrogens with one attached hydrogen (secondary N) is 1. The number of carbonyl (C=O) groups is 3. The van der Waals surface area contributed by atoms with Crippen molar-refractivity contribution in [3.05, 3.63) is 36.4 Å². The third-order valence-electron chi connectivity index (χ3n) is 5.74. The number of sulfone groups is 1. The van der Waals surface area contributed by atoms with Gasteiger partial charge >= 0.3 is 0 Å². The van der Waals surface area contributed by atoms with Crippen molar-refractivity contribution in [3.63, 3.8) is 0 Å². The fourth-order valence-corrected chi connectivity index (χ4v) is 5.26. The first kappa shape index (κ1) is 17.9. The largest absolute Gasteiger partial charge is 0.325 e. The molecule has 1 saturated carbocycles. The summed E-state index contributed by atoms with van der Waals surface area (Å²) in [5, 5.41) is 2.61. The molecule has 8 heteroatoms. The van der Waals surface area contributed by atoms with Crippen molar-refractivity contribution in [2.75, 3.05) is 17.6 Å². The van der Waals surface area contributed by atoms with Crippen molar-refractivity contribution in [2.24, 2.45) is 23.7 Å². The maximum Gasteiger partial charge on any atom is 0.244 e. The van der Waals surface area contributed by atoms with Crippen molar-refractivity contribution >= 4 is 33.2 Å². The van der Waals surface area contributed by atoms with Crippen LogP contribution in [0.2, 0.25) is 0 Å². The zero-order valence-corrected chi connectivity index (χ0v) is 15.6. The average molecular weight is 388 g/mol. The Balaban J connectivity index is 1.42. The minimum Gasteiger partial charge on any atom is -0.325 e. The van der Waals surface area contributed by atoms with E-state index < -0.39 is 15.7 Å². The van der Waals surface area contributed by atoms with Crippen LogP contribution >= 0.6 is 0 Å². The van der Waals surface area contributed by atoms with Gasteiger partial charge in [-0.3, -0.25) is 19.3 Å². The van der Waals surface area contributed by atoms with Crippen LogP contribution in [-0.4, -0.2) is 43.3 Å². The summed E-state index contributed by atoms with van der Waals surface area (Å²) in [7, 11) is -3.31. The molecule has 3 aliphatic rings. The van der Waals surface area contributed by atoms with E-state index in [-0.39, 0.29) is 52.7 Å². The highest BCUT2D eigenvalue weighted by atomic mass is 32.2. The highest BCUT2D eigenvalue weighted by molar-refractivity contribution is 7.91. The Morgan fingerprint density at radius 2 is 1.63 bits per heavy atom. The summed E-state index contributed by atoms with van der Waals surface area (Å²) >= 11 is 0. The predicted molar refractivity (Wildman–Crippen MR) is 97.2 cm³/mol. The zero-order valence-electron chi connectivity index (χ0n) is 14.8. The molecule has 1 aliphatic heterocycles. The molecule has 4 atom stereocenters. The van der Waals surface area contributed by atoms with Gasteiger partial charge in [-0.2, -0.15) is 0 Å². The van der Waals surface area contributed by atoms with E-state index in [2.05, 4.69) is 5.32 Å². The highest BCUT2D eigenvalue weighted by Gasteiger charge is 2.59. The number of rotatable bonds is 5. The molecule has 0 radical (unpaired) electrons. The second-order valence-electron chi connectivity index (χ2n) is 7.24. The SMILES string of the molecule is CCS(=O)(=O)c1ccc(NC(=O)CN2C(=O)[C@@H]3[C@H](C2=O)[C@H]2C=C[C@H]3C2)cc1. The first-order valence-electron chi connectivity index (χ1n) is 8.98. The van der Waals surface area contributed by atoms with Gasteiger partial charge in [-0.15, -0.1) is 0 Å². The Labute approximate surface area is 157 Å². The molecule has 4 rings (SSSR count). The van der Waals surface area contributed by atoms with E-state index in [1.54, 1.807) is 6.92 Å². The molecule has 27 heavy (non-hydrogen) atoms. The topological polar surface area (TPSA) is 101 Å². The van der Waals surface area contributed by atoms with E-state index in [1.165, 1.54) is 24.3 Å². The molecule has 0 unspecified atom stereocenters. The number of carbonyl (C=O) groups excluding carboxylic acids is 3. The number of likely N-dealkylation sites (tertiary alicyclic amines) is 1. The Hall–Kier alpha value is -2.48. The Kier molecular flexibility index (Phi) is 4.18. The Bertz CT molecular complexity index is 921. The Morgan fingerprint density at radius 3 is 2.15 bits per heavy atom. The van der Waals surface area contributed by atoms with Crippen LogP contribution in [0.25, 0.3) is 0 Å². The number of hydrogen-bond acceptors (Lipinski definition) is 5. The van der Waals surface area contributed by atoms with Gasteiger partial charge in [0.25, 0.3) is 0 Å². The molecule has 1 heterocycles. The lowest BCUT2D eigenvalue weighted by molar-refractivity contribution is -0.143. The van der Waals surface area contributed by atoms with E-state index in [0.717, 1.165) is 11.3 Å². The molecule has 3 amide bonds. The lowest BCUT2D eigenvalue weighted by Gasteiger charge is -2.16. The Morgan fingerprint density at radius 1 is 1.07 bits per heavy atom. The van der Waals surface area contributed by atoms with Crippen LogP contribution in [0.5, 0.6) is 0 Å². The summed E-state index contributed by atoms with van der Waals surface area (Å²) < 4.78 is 23.6. The van der Waals surface area contributed by atoms with Crippen LogP contribution in [0.15, 0.2) is 41.3 Å². The number of benzene rings is 1. The first-order valence-corrected chi connectivity index (χ1v) is 10.6. The van der Waals surface area contributed by atoms with Crippen molar-refractivity contribution in [1.82, 2.24) is 4.90 Å². The van der Waals surface area contributed by atoms with Crippen LogP contribution < -0.4 is 5.32 Å². The van der Waals surface area contributed by atoms with Crippen LogP contribution in [0, 0.1) is 23.7 Å². The standard InChI is InChI=1S/C19H20N2O5S/c1-2-27(25,26)14-7-5-13(6-8-14)20-15(22)10-21-18(23)16-11-3-4-12(9-11)17(16)19(21)24/h3-8,11-12,16-17H,2,9-10H2,1H3,(H,20,22)/t11-,12-,16-,17+/m0/s1. The molecule has 1 aromatic rings. The smallest absolute Gasteiger partial charge is 0.244 e. The van der Waals surface area contributed by atoms with Gasteiger partial charge in [0.1, 0.15) is 6.54 Å². The summed E-state index contributed by atoms with van der Waals surface area (Å²) in [5.74, 6) is -1.43. The van der Waals surface area contributed by atoms with Crippen molar-refractivity contribution in [3.8, 4) is 0 Å². The molecule has 2 bridgehead atoms. The summed E-state index contributed by atoms with van der Waals surface area (Å²) in [6.07, 6.45) is 4.86. The number of anilines is 1. The predicted octanol–water partition coefficient (Wildman–Crippen LogP) is 1.23. The molecule has 0 aromatic heterocycles. The zero-order chi connectivity index (χ0) is 19.3. The lowest BCUT2D eigenvalue weighted by Crippen LogP contribution is -2.39. The molecular weight excluding hydrogens is 368 g/mol. The fourth-order valence-electron chi connectivity index (χ4n) is 4.38. The molecule has 1 N–H and O–H groups in total. The molecule has 142 valence electrons. The lowest BCUT2D eigenvalue weighted by atomic mass is 9.85. The average Bonchev–Trinajstić information content (AvgIpc) is 3.32. The van der Waals surface area contributed by atoms with Gasteiger partial charge in [-0.25, -0.2) is 8.42 Å². The molecule has 2 aliphatic carbocycles. The summed E-state index contributed by atoms with van der Waals surface area (Å²) in [4.78, 5) is 38.7. The number of amides is 3. The van der Waals surface area contributed by atoms with Gasteiger partial charge in [-0.1, -0.05) is 19.1 Å². The fraction of sp³-hybridized carbons (Fsp3) is 0.421. The third-order valence-corrected chi connectivity index (χ3v) is 7.49. The quantitative estimate of drug-likeness (QED) is 0.604. The number of fused-ring (bicyclic) bond motifs is 5. The maximum absolute atomic E-state index is 12.6. The van der Waals surface area contributed by atoms with Gasteiger partial charge < -0.3 is 5.32 Å². The second-order valence-corrected chi connectivity index (χ2v) is 9.52. The number of nitrogens with zero attached hydrogens (tertiary/aromatic N) is 1. The normalized spacial score (nSPS) is 28.7. The maximum atomic E-state index is 12.6. The van der Waals surface area contributed by atoms with Crippen LogP contribution in [0.3, 0.4) is 0 Å². The van der Waals surface area contributed by atoms with Gasteiger partial charge in [0.05, 0.1) is 22.5 Å². The van der Waals surface area contributed by atoms with Crippen molar-refractivity contribution < 1.29 is 22.8 Å². The van der Waals surface area contributed by atoms with Gasteiger partial charge in [0.15, 0.2) is 9.84 Å². The third kappa shape index (κ3) is 2.88. The van der Waals surface area contributed by atoms with Gasteiger partial charge in [0.2, 0.25) is 17.7 Å². The summed E-state index contributed by atoms with van der Waals surface area (Å²) in [6.45, 7) is 1.24. The highest BCUT2D eigenvalue weighted by Crippen LogP contribution is 2.52. The van der Waals surface area contributed by atoms with E-state index in [0.29, 0.717) is 5.69 Å². The van der Waals surface area contributed by atoms with E-state index >= 15 is 0 Å². The monoisotopic (exact) mass is 388 g/mol. The van der Waals surface area contributed by atoms with Crippen LogP contribution in [-0.2, 0) is 24.2 Å². The number of imide groups is 1. The van der Waals surface area contributed by atoms with Crippen LogP contribution in [0.1, 0.15) is 13.3 Å². The summed E-state index contributed by atoms with van der Waals surface area (Å²) in [5.41, 5.74) is 0.413. The molecule has 1 aromatic carbocycles. The van der Waals surface area contributed by atoms with E-state index in [9.17, 15) is 22.8 Å². The first-order chi connectivity index (χ1) is 12.8. The second kappa shape index (κ2) is 6.30.